The Balaban J connectivity index is 2.12. The minimum atomic E-state index is 0.0359. The first-order valence-corrected chi connectivity index (χ1v) is 7.41. The summed E-state index contributed by atoms with van der Waals surface area (Å²) in [5, 5.41) is 13.2. The molecule has 0 amide bonds. The van der Waals surface area contributed by atoms with Gasteiger partial charge in [-0.2, -0.15) is 0 Å². The Morgan fingerprint density at radius 2 is 1.82 bits per heavy atom. The molecule has 2 aromatic carbocycles. The molecule has 0 bridgehead atoms. The highest BCUT2D eigenvalue weighted by molar-refractivity contribution is 5.52. The molecule has 2 aromatic rings. The lowest BCUT2D eigenvalue weighted by molar-refractivity contribution is 0.390. The molecule has 0 spiro atoms. The van der Waals surface area contributed by atoms with Crippen molar-refractivity contribution >= 4 is 0 Å². The number of nitrogens with one attached hydrogen (secondary N) is 1. The molecule has 0 aromatic heterocycles. The molecule has 3 rings (SSSR count). The first-order chi connectivity index (χ1) is 10.6. The second-order valence-corrected chi connectivity index (χ2v) is 5.58. The Labute approximate surface area is 130 Å². The van der Waals surface area contributed by atoms with Crippen LogP contribution in [0.4, 0.5) is 0 Å². The Kier molecular flexibility index (Phi) is 3.94. The van der Waals surface area contributed by atoms with Gasteiger partial charge in [-0.05, 0) is 54.3 Å². The van der Waals surface area contributed by atoms with E-state index in [1.165, 1.54) is 11.1 Å². The van der Waals surface area contributed by atoms with E-state index in [1.807, 2.05) is 31.2 Å². The van der Waals surface area contributed by atoms with E-state index in [1.54, 1.807) is 20.3 Å². The van der Waals surface area contributed by atoms with Crippen LogP contribution in [0.2, 0.25) is 0 Å². The fourth-order valence-corrected chi connectivity index (χ4v) is 3.13. The summed E-state index contributed by atoms with van der Waals surface area (Å²) in [5.74, 6) is 2.01. The molecule has 1 heterocycles. The summed E-state index contributed by atoms with van der Waals surface area (Å²) >= 11 is 0. The molecule has 1 aliphatic heterocycles. The van der Waals surface area contributed by atoms with Crippen LogP contribution in [0.3, 0.4) is 0 Å². The number of phenolic OH excluding ortho intramolecular Hbond substituents is 1. The van der Waals surface area contributed by atoms with Gasteiger partial charge in [0, 0.05) is 12.1 Å². The Morgan fingerprint density at radius 1 is 1.05 bits per heavy atom. The van der Waals surface area contributed by atoms with E-state index in [-0.39, 0.29) is 6.04 Å². The van der Waals surface area contributed by atoms with E-state index in [4.69, 9.17) is 9.47 Å². The molecule has 0 aliphatic carbocycles. The van der Waals surface area contributed by atoms with Crippen LogP contribution in [0.1, 0.15) is 28.3 Å². The van der Waals surface area contributed by atoms with Crippen LogP contribution in [0.25, 0.3) is 0 Å². The molecule has 1 aliphatic rings. The van der Waals surface area contributed by atoms with Gasteiger partial charge in [0.05, 0.1) is 20.3 Å². The summed E-state index contributed by atoms with van der Waals surface area (Å²) in [4.78, 5) is 0. The van der Waals surface area contributed by atoms with E-state index in [0.29, 0.717) is 5.75 Å². The van der Waals surface area contributed by atoms with Gasteiger partial charge in [-0.25, -0.2) is 0 Å². The minimum Gasteiger partial charge on any atom is -0.508 e. The van der Waals surface area contributed by atoms with E-state index in [0.717, 1.165) is 35.6 Å². The van der Waals surface area contributed by atoms with Crippen LogP contribution in [0.5, 0.6) is 17.2 Å². The van der Waals surface area contributed by atoms with Crippen LogP contribution in [0, 0.1) is 6.92 Å². The van der Waals surface area contributed by atoms with Crippen molar-refractivity contribution < 1.29 is 14.6 Å². The highest BCUT2D eigenvalue weighted by Crippen LogP contribution is 2.38. The van der Waals surface area contributed by atoms with Gasteiger partial charge >= 0.3 is 0 Å². The number of hydrogen-bond acceptors (Lipinski definition) is 4. The van der Waals surface area contributed by atoms with Crippen molar-refractivity contribution in [3.63, 3.8) is 0 Å². The number of rotatable bonds is 3. The molecule has 1 atom stereocenters. The number of phenols is 1. The van der Waals surface area contributed by atoms with Gasteiger partial charge in [0.15, 0.2) is 0 Å². The molecule has 0 saturated heterocycles. The highest BCUT2D eigenvalue weighted by Gasteiger charge is 2.25. The van der Waals surface area contributed by atoms with Crippen LogP contribution in [-0.4, -0.2) is 25.9 Å². The van der Waals surface area contributed by atoms with Crippen LogP contribution in [0.15, 0.2) is 30.3 Å². The van der Waals surface area contributed by atoms with E-state index >= 15 is 0 Å². The van der Waals surface area contributed by atoms with Crippen LogP contribution >= 0.6 is 0 Å². The van der Waals surface area contributed by atoms with Gasteiger partial charge in [-0.3, -0.25) is 0 Å². The van der Waals surface area contributed by atoms with Gasteiger partial charge in [0.2, 0.25) is 0 Å². The van der Waals surface area contributed by atoms with Gasteiger partial charge < -0.3 is 19.9 Å². The SMILES string of the molecule is COc1cc(C2NCCc3cc(O)ccc32)c(OC)cc1C. The number of methoxy groups -OCH3 is 2. The Hall–Kier alpha value is -2.20. The van der Waals surface area contributed by atoms with Crippen molar-refractivity contribution in [1.82, 2.24) is 5.32 Å². The summed E-state index contributed by atoms with van der Waals surface area (Å²) in [6, 6.07) is 9.64. The van der Waals surface area contributed by atoms with Crippen molar-refractivity contribution in [2.75, 3.05) is 20.8 Å². The maximum atomic E-state index is 9.70. The second kappa shape index (κ2) is 5.89. The smallest absolute Gasteiger partial charge is 0.124 e. The van der Waals surface area contributed by atoms with Crippen molar-refractivity contribution in [2.45, 2.75) is 19.4 Å². The van der Waals surface area contributed by atoms with E-state index in [9.17, 15) is 5.11 Å². The third-order valence-corrected chi connectivity index (χ3v) is 4.24. The molecule has 0 radical (unpaired) electrons. The molecule has 4 nitrogen and oxygen atoms in total. The monoisotopic (exact) mass is 299 g/mol. The summed E-state index contributed by atoms with van der Waals surface area (Å²) in [6.45, 7) is 2.87. The zero-order chi connectivity index (χ0) is 15.7. The van der Waals surface area contributed by atoms with Crippen molar-refractivity contribution in [3.8, 4) is 17.2 Å². The maximum Gasteiger partial charge on any atom is 0.124 e. The topological polar surface area (TPSA) is 50.7 Å². The number of benzene rings is 2. The fourth-order valence-electron chi connectivity index (χ4n) is 3.13. The lowest BCUT2D eigenvalue weighted by atomic mass is 9.88. The quantitative estimate of drug-likeness (QED) is 0.915. The molecule has 0 fully saturated rings. The zero-order valence-corrected chi connectivity index (χ0v) is 13.1. The molecule has 1 unspecified atom stereocenters. The predicted octanol–water partition coefficient (Wildman–Crippen LogP) is 2.95. The van der Waals surface area contributed by atoms with Gasteiger partial charge in [0.1, 0.15) is 17.2 Å². The molecule has 4 heteroatoms. The molecular weight excluding hydrogens is 278 g/mol. The number of aryl methyl sites for hydroxylation is 1. The standard InChI is InChI=1S/C18H21NO3/c1-11-8-17(22-3)15(10-16(11)21-2)18-14-5-4-13(20)9-12(14)6-7-19-18/h4-5,8-10,18-20H,6-7H2,1-3H3. The number of ether oxygens (including phenoxy) is 2. The average Bonchev–Trinajstić information content (AvgIpc) is 2.53. The van der Waals surface area contributed by atoms with Crippen LogP contribution in [-0.2, 0) is 6.42 Å². The first-order valence-electron chi connectivity index (χ1n) is 7.41. The highest BCUT2D eigenvalue weighted by atomic mass is 16.5. The number of hydrogen-bond donors (Lipinski definition) is 2. The van der Waals surface area contributed by atoms with Crippen LogP contribution < -0.4 is 14.8 Å². The first kappa shape index (κ1) is 14.7. The Morgan fingerprint density at radius 3 is 2.55 bits per heavy atom. The number of fused-ring (bicyclic) bond motifs is 1. The van der Waals surface area contributed by atoms with Crippen molar-refractivity contribution in [2.24, 2.45) is 0 Å². The minimum absolute atomic E-state index is 0.0359. The zero-order valence-electron chi connectivity index (χ0n) is 13.1. The lowest BCUT2D eigenvalue weighted by Gasteiger charge is -2.29. The second-order valence-electron chi connectivity index (χ2n) is 5.58. The fraction of sp³-hybridized carbons (Fsp3) is 0.333. The molecule has 0 saturated carbocycles. The number of aromatic hydroxyl groups is 1. The third-order valence-electron chi connectivity index (χ3n) is 4.24. The van der Waals surface area contributed by atoms with Gasteiger partial charge in [0.25, 0.3) is 0 Å². The predicted molar refractivity (Wildman–Crippen MR) is 85.9 cm³/mol. The molecule has 116 valence electrons. The molecule has 22 heavy (non-hydrogen) atoms. The van der Waals surface area contributed by atoms with Crippen molar-refractivity contribution in [3.05, 3.63) is 52.6 Å². The summed E-state index contributed by atoms with van der Waals surface area (Å²) < 4.78 is 11.0. The molecular formula is C18H21NO3. The third kappa shape index (κ3) is 2.50. The Bertz CT molecular complexity index is 697. The summed E-state index contributed by atoms with van der Waals surface area (Å²) in [5.41, 5.74) is 4.44. The maximum absolute atomic E-state index is 9.70. The van der Waals surface area contributed by atoms with E-state index < -0.39 is 0 Å². The summed E-state index contributed by atoms with van der Waals surface area (Å²) in [7, 11) is 3.37. The molecule has 2 N–H and O–H groups in total. The average molecular weight is 299 g/mol. The van der Waals surface area contributed by atoms with Gasteiger partial charge in [-0.1, -0.05) is 6.07 Å². The summed E-state index contributed by atoms with van der Waals surface area (Å²) in [6.07, 6.45) is 0.908. The van der Waals surface area contributed by atoms with E-state index in [2.05, 4.69) is 5.32 Å². The van der Waals surface area contributed by atoms with Gasteiger partial charge in [-0.15, -0.1) is 0 Å². The largest absolute Gasteiger partial charge is 0.508 e. The van der Waals surface area contributed by atoms with Crippen molar-refractivity contribution in [1.29, 1.82) is 0 Å². The lowest BCUT2D eigenvalue weighted by Crippen LogP contribution is -2.30. The normalized spacial score (nSPS) is 17.0.